The summed E-state index contributed by atoms with van der Waals surface area (Å²) in [6.07, 6.45) is 3.55. The van der Waals surface area contributed by atoms with Crippen LogP contribution in [0, 0.1) is 3.57 Å². The zero-order valence-electron chi connectivity index (χ0n) is 13.7. The Bertz CT molecular complexity index is 1050. The molecule has 0 spiro atoms. The molecule has 4 aromatic rings. The molecule has 1 amide bonds. The summed E-state index contributed by atoms with van der Waals surface area (Å²) in [6.45, 7) is 0. The second-order valence-electron chi connectivity index (χ2n) is 5.83. The smallest absolute Gasteiger partial charge is 0.254 e. The van der Waals surface area contributed by atoms with Gasteiger partial charge in [-0.15, -0.1) is 0 Å². The van der Waals surface area contributed by atoms with Crippen LogP contribution < -0.4 is 5.32 Å². The standard InChI is InChI=1S/C20H15IN4O/c21-16-10-9-15-13-25(24-17(15)12-16)19(14-6-2-1-3-7-14)20(26)23-18-8-4-5-11-22-18/h1-13,19H,(H,22,23,26). The number of halogens is 1. The Labute approximate surface area is 164 Å². The molecule has 2 heterocycles. The molecule has 0 radical (unpaired) electrons. The minimum Gasteiger partial charge on any atom is -0.309 e. The van der Waals surface area contributed by atoms with E-state index in [9.17, 15) is 4.79 Å². The number of pyridine rings is 1. The third-order valence-corrected chi connectivity index (χ3v) is 4.70. The third kappa shape index (κ3) is 3.45. The molecular weight excluding hydrogens is 439 g/mol. The van der Waals surface area contributed by atoms with E-state index in [0.29, 0.717) is 5.82 Å². The van der Waals surface area contributed by atoms with Crippen molar-refractivity contribution in [3.05, 3.63) is 88.3 Å². The number of benzene rings is 2. The summed E-state index contributed by atoms with van der Waals surface area (Å²) in [5.41, 5.74) is 1.73. The SMILES string of the molecule is O=C(Nc1ccccn1)C(c1ccccc1)n1cc2ccc(I)cc2n1. The Kier molecular flexibility index (Phi) is 4.66. The van der Waals surface area contributed by atoms with Gasteiger partial charge in [0.2, 0.25) is 0 Å². The van der Waals surface area contributed by atoms with Crippen LogP contribution in [0.3, 0.4) is 0 Å². The molecular formula is C20H15IN4O. The van der Waals surface area contributed by atoms with Crippen molar-refractivity contribution in [3.63, 3.8) is 0 Å². The highest BCUT2D eigenvalue weighted by Crippen LogP contribution is 2.23. The predicted octanol–water partition coefficient (Wildman–Crippen LogP) is 4.26. The van der Waals surface area contributed by atoms with E-state index < -0.39 is 6.04 Å². The van der Waals surface area contributed by atoms with Crippen LogP contribution in [0.1, 0.15) is 11.6 Å². The Morgan fingerprint density at radius 2 is 1.85 bits per heavy atom. The van der Waals surface area contributed by atoms with Gasteiger partial charge in [-0.1, -0.05) is 42.5 Å². The molecule has 0 aliphatic heterocycles. The Morgan fingerprint density at radius 1 is 1.04 bits per heavy atom. The van der Waals surface area contributed by atoms with E-state index in [1.807, 2.05) is 66.9 Å². The van der Waals surface area contributed by atoms with E-state index in [4.69, 9.17) is 0 Å². The van der Waals surface area contributed by atoms with E-state index in [-0.39, 0.29) is 5.91 Å². The van der Waals surface area contributed by atoms with Crippen LogP contribution in [-0.4, -0.2) is 20.7 Å². The van der Waals surface area contributed by atoms with E-state index >= 15 is 0 Å². The molecule has 4 rings (SSSR count). The van der Waals surface area contributed by atoms with Crippen LogP contribution in [0.2, 0.25) is 0 Å². The lowest BCUT2D eigenvalue weighted by Gasteiger charge is -2.17. The molecule has 26 heavy (non-hydrogen) atoms. The number of hydrogen-bond donors (Lipinski definition) is 1. The normalized spacial score (nSPS) is 12.0. The molecule has 6 heteroatoms. The van der Waals surface area contributed by atoms with Crippen LogP contribution in [0.25, 0.3) is 10.9 Å². The summed E-state index contributed by atoms with van der Waals surface area (Å²) in [5, 5.41) is 8.52. The topological polar surface area (TPSA) is 59.8 Å². The highest BCUT2D eigenvalue weighted by atomic mass is 127. The van der Waals surface area contributed by atoms with Crippen LogP contribution in [0.4, 0.5) is 5.82 Å². The van der Waals surface area contributed by atoms with Gasteiger partial charge in [-0.3, -0.25) is 9.48 Å². The summed E-state index contributed by atoms with van der Waals surface area (Å²) in [6, 6.07) is 20.5. The molecule has 0 fully saturated rings. The number of anilines is 1. The van der Waals surface area contributed by atoms with Crippen LogP contribution in [-0.2, 0) is 4.79 Å². The number of amides is 1. The van der Waals surface area contributed by atoms with Gasteiger partial charge in [0, 0.05) is 21.4 Å². The fraction of sp³-hybridized carbons (Fsp3) is 0.0500. The van der Waals surface area contributed by atoms with Crippen molar-refractivity contribution < 1.29 is 4.79 Å². The molecule has 1 unspecified atom stereocenters. The van der Waals surface area contributed by atoms with Gasteiger partial charge >= 0.3 is 0 Å². The average Bonchev–Trinajstić information content (AvgIpc) is 3.06. The van der Waals surface area contributed by atoms with Crippen molar-refractivity contribution in [3.8, 4) is 0 Å². The first kappa shape index (κ1) is 16.7. The summed E-state index contributed by atoms with van der Waals surface area (Å²) in [4.78, 5) is 17.2. The highest BCUT2D eigenvalue weighted by molar-refractivity contribution is 14.1. The molecule has 2 aromatic carbocycles. The first-order valence-corrected chi connectivity index (χ1v) is 9.20. The molecule has 0 bridgehead atoms. The van der Waals surface area contributed by atoms with Gasteiger partial charge in [-0.05, 0) is 52.4 Å². The molecule has 0 aliphatic rings. The minimum absolute atomic E-state index is 0.183. The van der Waals surface area contributed by atoms with Gasteiger partial charge in [-0.2, -0.15) is 5.10 Å². The van der Waals surface area contributed by atoms with Gasteiger partial charge in [-0.25, -0.2) is 4.98 Å². The van der Waals surface area contributed by atoms with E-state index in [1.165, 1.54) is 0 Å². The van der Waals surface area contributed by atoms with Crippen molar-refractivity contribution in [2.45, 2.75) is 6.04 Å². The number of nitrogens with one attached hydrogen (secondary N) is 1. The maximum atomic E-state index is 13.0. The van der Waals surface area contributed by atoms with E-state index in [2.05, 4.69) is 38.0 Å². The summed E-state index contributed by atoms with van der Waals surface area (Å²) in [5.74, 6) is 0.335. The number of aromatic nitrogens is 3. The minimum atomic E-state index is -0.580. The lowest BCUT2D eigenvalue weighted by Crippen LogP contribution is -2.27. The van der Waals surface area contributed by atoms with Crippen LogP contribution >= 0.6 is 22.6 Å². The molecule has 1 atom stereocenters. The Balaban J connectivity index is 1.76. The summed E-state index contributed by atoms with van der Waals surface area (Å²) < 4.78 is 2.82. The second-order valence-corrected chi connectivity index (χ2v) is 7.08. The lowest BCUT2D eigenvalue weighted by molar-refractivity contribution is -0.118. The first-order chi connectivity index (χ1) is 12.7. The van der Waals surface area contributed by atoms with Gasteiger partial charge in [0.1, 0.15) is 5.82 Å². The third-order valence-electron chi connectivity index (χ3n) is 4.03. The number of carbonyl (C=O) groups excluding carboxylic acids is 1. The fourth-order valence-corrected chi connectivity index (χ4v) is 3.31. The maximum absolute atomic E-state index is 13.0. The van der Waals surface area contributed by atoms with Gasteiger partial charge in [0.05, 0.1) is 5.52 Å². The quantitative estimate of drug-likeness (QED) is 0.469. The van der Waals surface area contributed by atoms with Crippen molar-refractivity contribution in [1.82, 2.24) is 14.8 Å². The largest absolute Gasteiger partial charge is 0.309 e. The van der Waals surface area contributed by atoms with Crippen LogP contribution in [0.5, 0.6) is 0 Å². The molecule has 1 N–H and O–H groups in total. The predicted molar refractivity (Wildman–Crippen MR) is 110 cm³/mol. The lowest BCUT2D eigenvalue weighted by atomic mass is 10.1. The maximum Gasteiger partial charge on any atom is 0.254 e. The molecule has 0 saturated carbocycles. The van der Waals surface area contributed by atoms with Gasteiger partial charge < -0.3 is 5.32 Å². The summed E-state index contributed by atoms with van der Waals surface area (Å²) in [7, 11) is 0. The number of hydrogen-bond acceptors (Lipinski definition) is 3. The number of carbonyl (C=O) groups is 1. The second kappa shape index (κ2) is 7.25. The zero-order valence-corrected chi connectivity index (χ0v) is 15.9. The zero-order chi connectivity index (χ0) is 17.9. The number of nitrogens with zero attached hydrogens (tertiary/aromatic N) is 3. The van der Waals surface area contributed by atoms with E-state index in [1.54, 1.807) is 16.9 Å². The van der Waals surface area contributed by atoms with Crippen molar-refractivity contribution in [2.75, 3.05) is 5.32 Å². The highest BCUT2D eigenvalue weighted by Gasteiger charge is 2.24. The summed E-state index contributed by atoms with van der Waals surface area (Å²) >= 11 is 2.26. The molecule has 128 valence electrons. The van der Waals surface area contributed by atoms with Gasteiger partial charge in [0.25, 0.3) is 5.91 Å². The number of rotatable bonds is 4. The molecule has 0 saturated heterocycles. The molecule has 5 nitrogen and oxygen atoms in total. The fourth-order valence-electron chi connectivity index (χ4n) is 2.83. The van der Waals surface area contributed by atoms with Crippen molar-refractivity contribution in [1.29, 1.82) is 0 Å². The number of fused-ring (bicyclic) bond motifs is 1. The van der Waals surface area contributed by atoms with E-state index in [0.717, 1.165) is 20.0 Å². The molecule has 2 aromatic heterocycles. The first-order valence-electron chi connectivity index (χ1n) is 8.12. The monoisotopic (exact) mass is 454 g/mol. The van der Waals surface area contributed by atoms with Crippen molar-refractivity contribution >= 4 is 45.2 Å². The molecule has 0 aliphatic carbocycles. The van der Waals surface area contributed by atoms with Crippen LogP contribution in [0.15, 0.2) is 79.1 Å². The Morgan fingerprint density at radius 3 is 2.62 bits per heavy atom. The van der Waals surface area contributed by atoms with Crippen molar-refractivity contribution in [2.24, 2.45) is 0 Å². The Hall–Kier alpha value is -2.74. The van der Waals surface area contributed by atoms with Gasteiger partial charge in [0.15, 0.2) is 6.04 Å². The average molecular weight is 454 g/mol.